The van der Waals surface area contributed by atoms with Gasteiger partial charge < -0.3 is 4.74 Å². The van der Waals surface area contributed by atoms with E-state index in [4.69, 9.17) is 9.72 Å². The molecule has 0 aliphatic carbocycles. The van der Waals surface area contributed by atoms with E-state index in [1.54, 1.807) is 7.11 Å². The van der Waals surface area contributed by atoms with Crippen LogP contribution in [0.3, 0.4) is 0 Å². The second-order valence-corrected chi connectivity index (χ2v) is 11.4. The number of hydrogen-bond acceptors (Lipinski definition) is 3. The number of ether oxygens (including phenoxy) is 1. The zero-order valence-corrected chi connectivity index (χ0v) is 22.5. The highest BCUT2D eigenvalue weighted by molar-refractivity contribution is 7.26. The van der Waals surface area contributed by atoms with Gasteiger partial charge in [0.15, 0.2) is 5.65 Å². The maximum Gasteiger partial charge on any atom is 0.156 e. The minimum atomic E-state index is 0.849. The largest absolute Gasteiger partial charge is 0.497 e. The van der Waals surface area contributed by atoms with Gasteiger partial charge in [-0.1, -0.05) is 72.8 Å². The summed E-state index contributed by atoms with van der Waals surface area (Å²) in [5, 5.41) is 10.0. The predicted octanol–water partition coefficient (Wildman–Crippen LogP) is 9.99. The molecule has 4 heteroatoms. The van der Waals surface area contributed by atoms with Gasteiger partial charge >= 0.3 is 0 Å². The summed E-state index contributed by atoms with van der Waals surface area (Å²) in [7, 11) is 1.71. The van der Waals surface area contributed by atoms with Gasteiger partial charge in [0.05, 0.1) is 28.5 Å². The first-order valence-electron chi connectivity index (χ1n) is 13.4. The number of hydrogen-bond donors (Lipinski definition) is 0. The lowest BCUT2D eigenvalue weighted by atomic mass is 10.0. The van der Waals surface area contributed by atoms with E-state index in [-0.39, 0.29) is 0 Å². The lowest BCUT2D eigenvalue weighted by molar-refractivity contribution is 0.415. The average molecular weight is 531 g/mol. The van der Waals surface area contributed by atoms with E-state index >= 15 is 0 Å². The van der Waals surface area contributed by atoms with Crippen LogP contribution in [0.15, 0.2) is 115 Å². The lowest BCUT2D eigenvalue weighted by Gasteiger charge is -2.10. The van der Waals surface area contributed by atoms with E-state index < -0.39 is 0 Å². The summed E-state index contributed by atoms with van der Waals surface area (Å²) >= 11 is 1.84. The summed E-state index contributed by atoms with van der Waals surface area (Å²) < 4.78 is 10.3. The predicted molar refractivity (Wildman–Crippen MR) is 170 cm³/mol. The standard InChI is InChI=1S/C36H22N2OS/c1-39-24-14-10-23(11-15-24)31-20-29-33-26-9-5-3-7-22(26)13-19-32(33)40-35(29)36-37-34-28-16-12-21-6-2-4-8-25(21)27(28)17-18-30(34)38(31)36/h2-20H,1H3. The van der Waals surface area contributed by atoms with E-state index in [0.717, 1.165) is 33.7 Å². The Kier molecular flexibility index (Phi) is 4.41. The molecule has 40 heavy (non-hydrogen) atoms. The van der Waals surface area contributed by atoms with Crippen molar-refractivity contribution in [3.8, 4) is 17.0 Å². The van der Waals surface area contributed by atoms with Gasteiger partial charge in [-0.3, -0.25) is 4.40 Å². The molecule has 0 atom stereocenters. The van der Waals surface area contributed by atoms with Gasteiger partial charge in [-0.25, -0.2) is 4.98 Å². The Balaban J connectivity index is 1.49. The van der Waals surface area contributed by atoms with E-state index in [2.05, 4.69) is 108 Å². The monoisotopic (exact) mass is 530 g/mol. The molecule has 9 aromatic rings. The Morgan fingerprint density at radius 1 is 0.650 bits per heavy atom. The Labute approximate surface area is 233 Å². The van der Waals surface area contributed by atoms with Crippen molar-refractivity contribution < 1.29 is 4.74 Å². The second kappa shape index (κ2) is 8.04. The molecule has 0 unspecified atom stereocenters. The topological polar surface area (TPSA) is 26.5 Å². The van der Waals surface area contributed by atoms with Crippen molar-refractivity contribution in [2.45, 2.75) is 0 Å². The Morgan fingerprint density at radius 3 is 2.20 bits per heavy atom. The quantitative estimate of drug-likeness (QED) is 0.208. The van der Waals surface area contributed by atoms with Crippen molar-refractivity contribution >= 4 is 80.5 Å². The molecule has 0 amide bonds. The van der Waals surface area contributed by atoms with Crippen LogP contribution in [0.5, 0.6) is 5.75 Å². The smallest absolute Gasteiger partial charge is 0.156 e. The average Bonchev–Trinajstić information content (AvgIpc) is 3.60. The van der Waals surface area contributed by atoms with Gasteiger partial charge in [0, 0.05) is 20.9 Å². The van der Waals surface area contributed by atoms with Crippen molar-refractivity contribution in [2.75, 3.05) is 7.11 Å². The first-order chi connectivity index (χ1) is 19.8. The normalized spacial score (nSPS) is 12.1. The fourth-order valence-corrected chi connectivity index (χ4v) is 7.57. The number of benzene rings is 6. The zero-order chi connectivity index (χ0) is 26.4. The molecule has 0 bridgehead atoms. The molecule has 0 aliphatic heterocycles. The molecule has 3 nitrogen and oxygen atoms in total. The number of thiophene rings is 1. The van der Waals surface area contributed by atoms with Crippen molar-refractivity contribution in [1.29, 1.82) is 0 Å². The summed E-state index contributed by atoms with van der Waals surface area (Å²) in [6.07, 6.45) is 0. The van der Waals surface area contributed by atoms with Crippen LogP contribution >= 0.6 is 11.3 Å². The summed E-state index contributed by atoms with van der Waals surface area (Å²) in [6.45, 7) is 0. The number of imidazole rings is 1. The Hall–Kier alpha value is -4.93. The van der Waals surface area contributed by atoms with E-state index in [0.29, 0.717) is 0 Å². The van der Waals surface area contributed by atoms with E-state index in [1.165, 1.54) is 52.5 Å². The molecule has 0 radical (unpaired) electrons. The molecule has 0 aliphatic rings. The van der Waals surface area contributed by atoms with Gasteiger partial charge in [0.25, 0.3) is 0 Å². The first-order valence-corrected chi connectivity index (χ1v) is 14.2. The molecule has 188 valence electrons. The highest BCUT2D eigenvalue weighted by Crippen LogP contribution is 2.44. The fraction of sp³-hybridized carbons (Fsp3) is 0.0278. The summed E-state index contributed by atoms with van der Waals surface area (Å²) in [6, 6.07) is 41.4. The van der Waals surface area contributed by atoms with E-state index in [1.807, 2.05) is 23.5 Å². The van der Waals surface area contributed by atoms with Crippen LogP contribution in [-0.2, 0) is 0 Å². The second-order valence-electron chi connectivity index (χ2n) is 10.3. The molecule has 9 rings (SSSR count). The van der Waals surface area contributed by atoms with Gasteiger partial charge in [-0.2, -0.15) is 0 Å². The summed E-state index contributed by atoms with van der Waals surface area (Å²) in [5.41, 5.74) is 5.41. The molecular formula is C36H22N2OS. The third-order valence-corrected chi connectivity index (χ3v) is 9.44. The molecule has 0 spiro atoms. The van der Waals surface area contributed by atoms with Crippen molar-refractivity contribution in [2.24, 2.45) is 0 Å². The minimum Gasteiger partial charge on any atom is -0.497 e. The number of pyridine rings is 1. The third-order valence-electron chi connectivity index (χ3n) is 8.27. The number of rotatable bonds is 2. The van der Waals surface area contributed by atoms with Crippen molar-refractivity contribution in [3.05, 3.63) is 115 Å². The highest BCUT2D eigenvalue weighted by Gasteiger charge is 2.20. The van der Waals surface area contributed by atoms with Crippen LogP contribution in [-0.4, -0.2) is 16.5 Å². The van der Waals surface area contributed by atoms with Crippen LogP contribution < -0.4 is 4.74 Å². The molecule has 0 fully saturated rings. The molecule has 0 saturated carbocycles. The lowest BCUT2D eigenvalue weighted by Crippen LogP contribution is -1.93. The Bertz CT molecular complexity index is 2470. The zero-order valence-electron chi connectivity index (χ0n) is 21.7. The van der Waals surface area contributed by atoms with Crippen LogP contribution in [0, 0.1) is 0 Å². The maximum absolute atomic E-state index is 5.48. The number of aromatic nitrogens is 2. The summed E-state index contributed by atoms with van der Waals surface area (Å²) in [4.78, 5) is 5.42. The van der Waals surface area contributed by atoms with Gasteiger partial charge in [-0.15, -0.1) is 11.3 Å². The summed E-state index contributed by atoms with van der Waals surface area (Å²) in [5.74, 6) is 0.849. The molecule has 0 saturated heterocycles. The third kappa shape index (κ3) is 2.91. The molecule has 3 heterocycles. The van der Waals surface area contributed by atoms with Crippen LogP contribution in [0.4, 0.5) is 0 Å². The fourth-order valence-electron chi connectivity index (χ4n) is 6.40. The molecule has 3 aromatic heterocycles. The molecular weight excluding hydrogens is 508 g/mol. The van der Waals surface area contributed by atoms with Crippen LogP contribution in [0.1, 0.15) is 0 Å². The van der Waals surface area contributed by atoms with E-state index in [9.17, 15) is 0 Å². The molecule has 6 aromatic carbocycles. The van der Waals surface area contributed by atoms with Crippen molar-refractivity contribution in [1.82, 2.24) is 9.38 Å². The molecule has 0 N–H and O–H groups in total. The SMILES string of the molecule is COc1ccc(-c2cc3c(sc4ccc5ccccc5c43)c3nc4c5ccc6ccccc6c5ccc4n23)cc1. The van der Waals surface area contributed by atoms with Gasteiger partial charge in [0.2, 0.25) is 0 Å². The Morgan fingerprint density at radius 2 is 1.38 bits per heavy atom. The van der Waals surface area contributed by atoms with Crippen LogP contribution in [0.2, 0.25) is 0 Å². The van der Waals surface area contributed by atoms with Gasteiger partial charge in [0.1, 0.15) is 5.75 Å². The number of methoxy groups -OCH3 is 1. The number of fused-ring (bicyclic) bond motifs is 13. The minimum absolute atomic E-state index is 0.849. The maximum atomic E-state index is 5.48. The number of nitrogens with zero attached hydrogens (tertiary/aromatic N) is 2. The first kappa shape index (κ1) is 21.9. The van der Waals surface area contributed by atoms with Crippen molar-refractivity contribution in [3.63, 3.8) is 0 Å². The van der Waals surface area contributed by atoms with Gasteiger partial charge in [-0.05, 0) is 75.0 Å². The highest BCUT2D eigenvalue weighted by atomic mass is 32.1. The van der Waals surface area contributed by atoms with Crippen LogP contribution in [0.25, 0.3) is 80.4 Å².